The molecular formula is C18H19N5O4S2. The van der Waals surface area contributed by atoms with Gasteiger partial charge in [-0.1, -0.05) is 22.7 Å². The van der Waals surface area contributed by atoms with Crippen LogP contribution in [0.1, 0.15) is 26.5 Å². The Morgan fingerprint density at radius 3 is 2.45 bits per heavy atom. The van der Waals surface area contributed by atoms with Crippen molar-refractivity contribution in [2.75, 3.05) is 17.1 Å². The topological polar surface area (TPSA) is 123 Å². The van der Waals surface area contributed by atoms with E-state index < -0.39 is 15.9 Å². The van der Waals surface area contributed by atoms with Crippen LogP contribution in [0.2, 0.25) is 0 Å². The van der Waals surface area contributed by atoms with Gasteiger partial charge in [-0.15, -0.1) is 5.10 Å². The molecule has 152 valence electrons. The van der Waals surface area contributed by atoms with Crippen LogP contribution >= 0.6 is 11.5 Å². The Kier molecular flexibility index (Phi) is 5.80. The van der Waals surface area contributed by atoms with Crippen molar-refractivity contribution >= 4 is 38.8 Å². The van der Waals surface area contributed by atoms with Crippen molar-refractivity contribution < 1.29 is 17.9 Å². The number of sulfonamides is 1. The third-order valence-electron chi connectivity index (χ3n) is 4.13. The van der Waals surface area contributed by atoms with Crippen LogP contribution in [0.3, 0.4) is 0 Å². The highest BCUT2D eigenvalue weighted by atomic mass is 32.2. The molecular weight excluding hydrogens is 414 g/mol. The zero-order valence-electron chi connectivity index (χ0n) is 16.2. The van der Waals surface area contributed by atoms with Crippen LogP contribution in [-0.2, 0) is 10.0 Å². The molecule has 0 aliphatic carbocycles. The average molecular weight is 434 g/mol. The highest BCUT2D eigenvalue weighted by Crippen LogP contribution is 2.29. The van der Waals surface area contributed by atoms with Gasteiger partial charge in [0, 0.05) is 0 Å². The van der Waals surface area contributed by atoms with Crippen molar-refractivity contribution in [1.29, 1.82) is 0 Å². The number of hydrogen-bond donors (Lipinski definition) is 2. The molecule has 3 rings (SSSR count). The fraction of sp³-hybridized carbons (Fsp3) is 0.222. The Morgan fingerprint density at radius 2 is 1.86 bits per heavy atom. The quantitative estimate of drug-likeness (QED) is 0.612. The zero-order chi connectivity index (χ0) is 21.2. The molecule has 0 radical (unpaired) electrons. The number of methoxy groups -OCH3 is 1. The van der Waals surface area contributed by atoms with E-state index in [-0.39, 0.29) is 16.5 Å². The van der Waals surface area contributed by atoms with Gasteiger partial charge in [0.05, 0.1) is 30.4 Å². The number of anilines is 2. The highest BCUT2D eigenvalue weighted by molar-refractivity contribution is 7.92. The van der Waals surface area contributed by atoms with Crippen LogP contribution in [0, 0.1) is 20.8 Å². The Hall–Kier alpha value is -3.05. The lowest BCUT2D eigenvalue weighted by Crippen LogP contribution is -2.17. The highest BCUT2D eigenvalue weighted by Gasteiger charge is 2.24. The van der Waals surface area contributed by atoms with Gasteiger partial charge in [-0.05, 0) is 49.5 Å². The summed E-state index contributed by atoms with van der Waals surface area (Å²) in [5.41, 5.74) is 2.72. The molecule has 29 heavy (non-hydrogen) atoms. The Morgan fingerprint density at radius 1 is 1.17 bits per heavy atom. The number of nitrogens with one attached hydrogen (secondary N) is 2. The van der Waals surface area contributed by atoms with Gasteiger partial charge in [0.2, 0.25) is 5.88 Å². The van der Waals surface area contributed by atoms with Crippen molar-refractivity contribution in [2.45, 2.75) is 25.7 Å². The molecule has 11 heteroatoms. The van der Waals surface area contributed by atoms with Gasteiger partial charge in [-0.2, -0.15) is 0 Å². The number of nitrogens with zero attached hydrogens (tertiary/aromatic N) is 3. The van der Waals surface area contributed by atoms with Crippen LogP contribution in [-0.4, -0.2) is 36.0 Å². The smallest absolute Gasteiger partial charge is 0.269 e. The number of aryl methyl sites for hydroxylation is 3. The Balaban J connectivity index is 1.96. The molecule has 1 amide bonds. The minimum absolute atomic E-state index is 0.0858. The lowest BCUT2D eigenvalue weighted by molar-refractivity contribution is 0.102. The van der Waals surface area contributed by atoms with Gasteiger partial charge in [-0.3, -0.25) is 9.52 Å². The van der Waals surface area contributed by atoms with Gasteiger partial charge >= 0.3 is 0 Å². The van der Waals surface area contributed by atoms with E-state index in [1.807, 2.05) is 32.0 Å². The van der Waals surface area contributed by atoms with Crippen molar-refractivity contribution in [2.24, 2.45) is 0 Å². The van der Waals surface area contributed by atoms with Gasteiger partial charge in [-0.25, -0.2) is 13.4 Å². The molecule has 0 saturated heterocycles. The fourth-order valence-electron chi connectivity index (χ4n) is 2.64. The number of aromatic nitrogens is 3. The molecule has 3 aromatic rings. The summed E-state index contributed by atoms with van der Waals surface area (Å²) in [6, 6.07) is 6.76. The van der Waals surface area contributed by atoms with Crippen LogP contribution < -0.4 is 14.8 Å². The van der Waals surface area contributed by atoms with Crippen LogP contribution in [0.5, 0.6) is 5.88 Å². The number of carbonyl (C=O) groups excluding carboxylic acids is 1. The molecule has 2 N–H and O–H groups in total. The van der Waals surface area contributed by atoms with Crippen molar-refractivity contribution in [3.63, 3.8) is 0 Å². The number of rotatable bonds is 6. The Bertz CT molecular complexity index is 1150. The molecule has 0 aliphatic heterocycles. The van der Waals surface area contributed by atoms with Gasteiger partial charge in [0.1, 0.15) is 4.88 Å². The minimum Gasteiger partial charge on any atom is -0.480 e. The van der Waals surface area contributed by atoms with E-state index in [1.54, 1.807) is 6.92 Å². The molecule has 0 unspecified atom stereocenters. The van der Waals surface area contributed by atoms with Crippen molar-refractivity contribution in [1.82, 2.24) is 14.6 Å². The molecule has 0 aliphatic rings. The largest absolute Gasteiger partial charge is 0.480 e. The average Bonchev–Trinajstić information content (AvgIpc) is 3.11. The van der Waals surface area contributed by atoms with Gasteiger partial charge in [0.15, 0.2) is 4.90 Å². The number of amides is 1. The molecule has 2 aromatic heterocycles. The van der Waals surface area contributed by atoms with E-state index >= 15 is 0 Å². The number of hydrogen-bond acceptors (Lipinski definition) is 8. The molecule has 0 atom stereocenters. The third-order valence-corrected chi connectivity index (χ3v) is 6.31. The fourth-order valence-corrected chi connectivity index (χ4v) is 4.54. The molecule has 2 heterocycles. The number of benzene rings is 1. The first kappa shape index (κ1) is 20.7. The summed E-state index contributed by atoms with van der Waals surface area (Å²) >= 11 is 0.950. The van der Waals surface area contributed by atoms with E-state index in [0.717, 1.165) is 22.7 Å². The molecule has 0 bridgehead atoms. The summed E-state index contributed by atoms with van der Waals surface area (Å²) in [7, 11) is -2.71. The summed E-state index contributed by atoms with van der Waals surface area (Å²) in [5.74, 6) is -0.534. The normalized spacial score (nSPS) is 11.2. The second-order valence-corrected chi connectivity index (χ2v) is 8.65. The summed E-state index contributed by atoms with van der Waals surface area (Å²) in [6.45, 7) is 5.28. The van der Waals surface area contributed by atoms with Crippen LogP contribution in [0.4, 0.5) is 11.4 Å². The lowest BCUT2D eigenvalue weighted by atomic mass is 10.1. The molecule has 0 spiro atoms. The standard InChI is InChI=1S/C18H19N5O4S2/c1-10-6-5-7-11(2)15(10)22-29(25,26)14-8-13(9-19-18(14)27-4)20-17(24)16-12(3)21-23-28-16/h5-9,22H,1-4H3,(H,20,24). The number of pyridine rings is 1. The number of ether oxygens (including phenoxy) is 1. The minimum atomic E-state index is -4.03. The number of para-hydroxylation sites is 1. The summed E-state index contributed by atoms with van der Waals surface area (Å²) in [6.07, 6.45) is 1.32. The third kappa shape index (κ3) is 4.35. The summed E-state index contributed by atoms with van der Waals surface area (Å²) in [4.78, 5) is 16.5. The summed E-state index contributed by atoms with van der Waals surface area (Å²) < 4.78 is 37.5. The maximum absolute atomic E-state index is 13.0. The van der Waals surface area contributed by atoms with E-state index in [4.69, 9.17) is 4.74 Å². The van der Waals surface area contributed by atoms with Crippen LogP contribution in [0.25, 0.3) is 0 Å². The van der Waals surface area contributed by atoms with E-state index in [1.165, 1.54) is 19.4 Å². The molecule has 1 aromatic carbocycles. The molecule has 0 fully saturated rings. The second-order valence-electron chi connectivity index (χ2n) is 6.25. The molecule has 9 nitrogen and oxygen atoms in total. The zero-order valence-corrected chi connectivity index (χ0v) is 17.8. The second kappa shape index (κ2) is 8.13. The monoisotopic (exact) mass is 433 g/mol. The number of carbonyl (C=O) groups is 1. The first-order chi connectivity index (χ1) is 13.7. The van der Waals surface area contributed by atoms with Crippen LogP contribution in [0.15, 0.2) is 35.4 Å². The molecule has 0 saturated carbocycles. The predicted octanol–water partition coefficient (Wildman–Crippen LogP) is 2.92. The summed E-state index contributed by atoms with van der Waals surface area (Å²) in [5, 5.41) is 6.41. The maximum Gasteiger partial charge on any atom is 0.269 e. The van der Waals surface area contributed by atoms with E-state index in [2.05, 4.69) is 24.6 Å². The Labute approximate surface area is 172 Å². The van der Waals surface area contributed by atoms with Crippen molar-refractivity contribution in [3.8, 4) is 5.88 Å². The van der Waals surface area contributed by atoms with Gasteiger partial charge in [0.25, 0.3) is 15.9 Å². The van der Waals surface area contributed by atoms with E-state index in [9.17, 15) is 13.2 Å². The SMILES string of the molecule is COc1ncc(NC(=O)c2snnc2C)cc1S(=O)(=O)Nc1c(C)cccc1C. The first-order valence-corrected chi connectivity index (χ1v) is 10.7. The maximum atomic E-state index is 13.0. The predicted molar refractivity (Wildman–Crippen MR) is 110 cm³/mol. The lowest BCUT2D eigenvalue weighted by Gasteiger charge is -2.15. The first-order valence-electron chi connectivity index (χ1n) is 8.46. The van der Waals surface area contributed by atoms with E-state index in [0.29, 0.717) is 16.3 Å². The van der Waals surface area contributed by atoms with Crippen molar-refractivity contribution in [3.05, 3.63) is 52.2 Å². The van der Waals surface area contributed by atoms with Gasteiger partial charge < -0.3 is 10.1 Å².